The van der Waals surface area contributed by atoms with Crippen molar-refractivity contribution in [3.05, 3.63) is 39.0 Å². The summed E-state index contributed by atoms with van der Waals surface area (Å²) in [7, 11) is 0. The van der Waals surface area contributed by atoms with Crippen molar-refractivity contribution in [2.75, 3.05) is 6.61 Å². The molecule has 21 heavy (non-hydrogen) atoms. The summed E-state index contributed by atoms with van der Waals surface area (Å²) >= 11 is 18.5. The Bertz CT molecular complexity index is 664. The van der Waals surface area contributed by atoms with Crippen molar-refractivity contribution in [1.82, 2.24) is 4.98 Å². The molecule has 0 atom stereocenters. The molecule has 0 aliphatic rings. The topological polar surface area (TPSA) is 39.2 Å². The van der Waals surface area contributed by atoms with Crippen molar-refractivity contribution in [2.24, 2.45) is 0 Å². The Balaban J connectivity index is 0.00000220. The van der Waals surface area contributed by atoms with Gasteiger partial charge in [-0.1, -0.05) is 40.9 Å². The zero-order chi connectivity index (χ0) is 14.7. The Labute approximate surface area is 154 Å². The van der Waals surface area contributed by atoms with E-state index in [0.717, 1.165) is 0 Å². The van der Waals surface area contributed by atoms with E-state index < -0.39 is 0 Å². The van der Waals surface area contributed by atoms with Crippen LogP contribution >= 0.6 is 34.8 Å². The molecule has 0 fully saturated rings. The number of aromatic nitrogens is 1. The molecule has 0 bridgehead atoms. The summed E-state index contributed by atoms with van der Waals surface area (Å²) in [6, 6.07) is 5.32. The maximum absolute atomic E-state index is 11.4. The van der Waals surface area contributed by atoms with Gasteiger partial charge in [-0.3, -0.25) is 9.78 Å². The molecule has 2 rings (SSSR count). The number of carbonyl (C=O) groups is 1. The largest absolute Gasteiger partial charge is 0.466 e. The standard InChI is InChI=1S/C14H12Cl3NO2.Sn/c1-2-20-11(19)7-6-10-13(16)14(17)12-8(15)4-3-5-9(12)18-10;/h3-5H,2,6-7H2,1H3;. The van der Waals surface area contributed by atoms with Crippen LogP contribution in [0.3, 0.4) is 0 Å². The van der Waals surface area contributed by atoms with Gasteiger partial charge in [-0.05, 0) is 19.1 Å². The molecule has 0 amide bonds. The third-order valence-corrected chi connectivity index (χ3v) is 3.98. The first-order chi connectivity index (χ1) is 9.54. The SMILES string of the molecule is CCOC(=O)CCc1nc2cccc(Cl)c2c(Cl)c1Cl.[Sn]. The zero-order valence-electron chi connectivity index (χ0n) is 11.3. The van der Waals surface area contributed by atoms with Crippen molar-refractivity contribution in [1.29, 1.82) is 0 Å². The van der Waals surface area contributed by atoms with E-state index in [1.165, 1.54) is 0 Å². The minimum Gasteiger partial charge on any atom is -0.466 e. The van der Waals surface area contributed by atoms with E-state index in [2.05, 4.69) is 4.98 Å². The van der Waals surface area contributed by atoms with Gasteiger partial charge in [0.2, 0.25) is 0 Å². The van der Waals surface area contributed by atoms with Crippen LogP contribution in [0.1, 0.15) is 19.0 Å². The fraction of sp³-hybridized carbons (Fsp3) is 0.286. The fourth-order valence-electron chi connectivity index (χ4n) is 1.87. The molecular weight excluding hydrogens is 439 g/mol. The van der Waals surface area contributed by atoms with Gasteiger partial charge in [0.25, 0.3) is 0 Å². The van der Waals surface area contributed by atoms with E-state index in [1.54, 1.807) is 25.1 Å². The molecule has 0 aliphatic heterocycles. The van der Waals surface area contributed by atoms with Gasteiger partial charge in [0.1, 0.15) is 0 Å². The van der Waals surface area contributed by atoms with E-state index in [-0.39, 0.29) is 36.3 Å². The number of hydrogen-bond donors (Lipinski definition) is 0. The molecule has 110 valence electrons. The summed E-state index contributed by atoms with van der Waals surface area (Å²) < 4.78 is 4.88. The molecule has 1 heterocycles. The van der Waals surface area contributed by atoms with Gasteiger partial charge < -0.3 is 4.74 Å². The number of halogens is 3. The van der Waals surface area contributed by atoms with E-state index in [1.807, 2.05) is 0 Å². The normalized spacial score (nSPS) is 10.3. The molecule has 7 heteroatoms. The molecule has 0 saturated carbocycles. The van der Waals surface area contributed by atoms with E-state index >= 15 is 0 Å². The summed E-state index contributed by atoms with van der Waals surface area (Å²) in [5.41, 5.74) is 1.23. The van der Waals surface area contributed by atoms with Crippen molar-refractivity contribution < 1.29 is 9.53 Å². The predicted octanol–water partition coefficient (Wildman–Crippen LogP) is 4.31. The van der Waals surface area contributed by atoms with Gasteiger partial charge in [0, 0.05) is 35.7 Å². The van der Waals surface area contributed by atoms with E-state index in [0.29, 0.717) is 44.7 Å². The molecule has 0 aliphatic carbocycles. The van der Waals surface area contributed by atoms with Gasteiger partial charge in [0.05, 0.1) is 39.3 Å². The quantitative estimate of drug-likeness (QED) is 0.514. The van der Waals surface area contributed by atoms with Crippen molar-refractivity contribution in [3.8, 4) is 0 Å². The Hall–Kier alpha value is -0.231. The number of fused-ring (bicyclic) bond motifs is 1. The first kappa shape index (κ1) is 18.8. The summed E-state index contributed by atoms with van der Waals surface area (Å²) in [5, 5.41) is 1.82. The molecular formula is C14H12Cl3NO2Sn. The van der Waals surface area contributed by atoms with Crippen LogP contribution in [0.5, 0.6) is 0 Å². The van der Waals surface area contributed by atoms with Gasteiger partial charge in [-0.25, -0.2) is 0 Å². The van der Waals surface area contributed by atoms with Crippen LogP contribution in [0.4, 0.5) is 0 Å². The Morgan fingerprint density at radius 3 is 2.62 bits per heavy atom. The van der Waals surface area contributed by atoms with Crippen LogP contribution in [-0.2, 0) is 16.0 Å². The summed E-state index contributed by atoms with van der Waals surface area (Å²) in [5.74, 6) is -0.285. The number of rotatable bonds is 4. The average molecular weight is 451 g/mol. The van der Waals surface area contributed by atoms with Crippen LogP contribution < -0.4 is 0 Å². The first-order valence-electron chi connectivity index (χ1n) is 6.12. The number of hydrogen-bond acceptors (Lipinski definition) is 3. The molecule has 0 spiro atoms. The van der Waals surface area contributed by atoms with Gasteiger partial charge in [0.15, 0.2) is 0 Å². The van der Waals surface area contributed by atoms with Crippen LogP contribution in [0.15, 0.2) is 18.2 Å². The number of nitrogens with zero attached hydrogens (tertiary/aromatic N) is 1. The number of ether oxygens (including phenoxy) is 1. The Morgan fingerprint density at radius 2 is 1.95 bits per heavy atom. The second-order valence-corrected chi connectivity index (χ2v) is 5.29. The van der Waals surface area contributed by atoms with Crippen LogP contribution in [-0.4, -0.2) is 41.5 Å². The number of carbonyl (C=O) groups excluding carboxylic acids is 1. The molecule has 0 saturated heterocycles. The van der Waals surface area contributed by atoms with Crippen molar-refractivity contribution >= 4 is 75.6 Å². The number of pyridine rings is 1. The number of aryl methyl sites for hydroxylation is 1. The Morgan fingerprint density at radius 1 is 1.24 bits per heavy atom. The van der Waals surface area contributed by atoms with Crippen molar-refractivity contribution in [3.63, 3.8) is 0 Å². The summed E-state index contributed by atoms with van der Waals surface area (Å²) in [4.78, 5) is 15.8. The minimum absolute atomic E-state index is 0. The minimum atomic E-state index is -0.285. The second kappa shape index (κ2) is 8.41. The first-order valence-corrected chi connectivity index (χ1v) is 7.25. The third kappa shape index (κ3) is 4.38. The molecule has 1 aromatic heterocycles. The van der Waals surface area contributed by atoms with Crippen LogP contribution in [0, 0.1) is 0 Å². The second-order valence-electron chi connectivity index (χ2n) is 4.13. The van der Waals surface area contributed by atoms with E-state index in [9.17, 15) is 4.79 Å². The molecule has 0 unspecified atom stereocenters. The predicted molar refractivity (Wildman–Crippen MR) is 87.5 cm³/mol. The van der Waals surface area contributed by atoms with E-state index in [4.69, 9.17) is 39.5 Å². The smallest absolute Gasteiger partial charge is 0.306 e. The molecule has 4 radical (unpaired) electrons. The fourth-order valence-corrected chi connectivity index (χ4v) is 2.72. The number of esters is 1. The third-order valence-electron chi connectivity index (χ3n) is 2.78. The zero-order valence-corrected chi connectivity index (χ0v) is 16.4. The van der Waals surface area contributed by atoms with Gasteiger partial charge in [-0.15, -0.1) is 0 Å². The van der Waals surface area contributed by atoms with Crippen LogP contribution in [0.2, 0.25) is 15.1 Å². The summed E-state index contributed by atoms with van der Waals surface area (Å²) in [6.45, 7) is 2.12. The monoisotopic (exact) mass is 451 g/mol. The molecule has 1 aromatic carbocycles. The number of benzene rings is 1. The maximum Gasteiger partial charge on any atom is 0.306 e. The van der Waals surface area contributed by atoms with Gasteiger partial charge in [-0.2, -0.15) is 0 Å². The Kier molecular flexibility index (Phi) is 7.54. The molecule has 3 nitrogen and oxygen atoms in total. The molecule has 2 aromatic rings. The summed E-state index contributed by atoms with van der Waals surface area (Å²) in [6.07, 6.45) is 0.586. The average Bonchev–Trinajstić information content (AvgIpc) is 2.41. The molecule has 0 N–H and O–H groups in total. The maximum atomic E-state index is 11.4. The van der Waals surface area contributed by atoms with Crippen molar-refractivity contribution in [2.45, 2.75) is 19.8 Å². The van der Waals surface area contributed by atoms with Gasteiger partial charge >= 0.3 is 5.97 Å². The van der Waals surface area contributed by atoms with Crippen LogP contribution in [0.25, 0.3) is 10.9 Å².